The van der Waals surface area contributed by atoms with Gasteiger partial charge in [-0.1, -0.05) is 18.2 Å². The van der Waals surface area contributed by atoms with Crippen molar-refractivity contribution in [1.82, 2.24) is 15.1 Å². The van der Waals surface area contributed by atoms with E-state index in [9.17, 15) is 4.79 Å². The Morgan fingerprint density at radius 1 is 1.28 bits per heavy atom. The molecule has 1 aromatic rings. The van der Waals surface area contributed by atoms with E-state index in [0.29, 0.717) is 12.1 Å². The maximum absolute atomic E-state index is 11.4. The van der Waals surface area contributed by atoms with Crippen molar-refractivity contribution in [2.45, 2.75) is 32.0 Å². The Hall–Kier alpha value is -1.63. The van der Waals surface area contributed by atoms with Crippen LogP contribution in [-0.2, 0) is 16.1 Å². The number of morpholine rings is 1. The lowest BCUT2D eigenvalue weighted by molar-refractivity contribution is -0.122. The number of hydrogen-bond acceptors (Lipinski definition) is 5. The van der Waals surface area contributed by atoms with Gasteiger partial charge in [0.15, 0.2) is 6.61 Å². The minimum absolute atomic E-state index is 0.0550. The maximum Gasteiger partial charge on any atom is 0.257 e. The van der Waals surface area contributed by atoms with Crippen molar-refractivity contribution in [3.05, 3.63) is 29.8 Å². The summed E-state index contributed by atoms with van der Waals surface area (Å²) in [4.78, 5) is 16.5. The summed E-state index contributed by atoms with van der Waals surface area (Å²) in [7, 11) is 1.62. The van der Waals surface area contributed by atoms with Crippen LogP contribution >= 0.6 is 0 Å². The first kappa shape index (κ1) is 18.2. The molecule has 2 aliphatic rings. The molecule has 0 unspecified atom stereocenters. The fraction of sp³-hybridized carbons (Fsp3) is 0.632. The predicted octanol–water partition coefficient (Wildman–Crippen LogP) is 1.11. The van der Waals surface area contributed by atoms with E-state index in [-0.39, 0.29) is 12.5 Å². The minimum atomic E-state index is -0.114. The molecule has 0 saturated carbocycles. The van der Waals surface area contributed by atoms with Gasteiger partial charge in [0.05, 0.1) is 13.2 Å². The second kappa shape index (κ2) is 8.65. The van der Waals surface area contributed by atoms with Crippen LogP contribution in [0, 0.1) is 0 Å². The van der Waals surface area contributed by atoms with Gasteiger partial charge in [0, 0.05) is 50.9 Å². The molecule has 2 aliphatic heterocycles. The third-order valence-corrected chi connectivity index (χ3v) is 5.34. The van der Waals surface area contributed by atoms with E-state index in [1.165, 1.54) is 6.42 Å². The Bertz CT molecular complexity index is 575. The number of rotatable bonds is 6. The highest BCUT2D eigenvalue weighted by atomic mass is 16.5. The normalized spacial score (nSPS) is 25.0. The summed E-state index contributed by atoms with van der Waals surface area (Å²) in [6, 6.07) is 9.12. The Morgan fingerprint density at radius 2 is 2.04 bits per heavy atom. The molecule has 1 N–H and O–H groups in total. The number of benzene rings is 1. The Morgan fingerprint density at radius 3 is 2.80 bits per heavy atom. The molecule has 1 aromatic carbocycles. The largest absolute Gasteiger partial charge is 0.483 e. The first-order valence-electron chi connectivity index (χ1n) is 9.16. The number of ether oxygens (including phenoxy) is 2. The van der Waals surface area contributed by atoms with Crippen LogP contribution in [0.2, 0.25) is 0 Å². The Kier molecular flexibility index (Phi) is 6.29. The van der Waals surface area contributed by atoms with E-state index >= 15 is 0 Å². The highest BCUT2D eigenvalue weighted by Crippen LogP contribution is 2.28. The summed E-state index contributed by atoms with van der Waals surface area (Å²) < 4.78 is 11.2. The average Bonchev–Trinajstić information content (AvgIpc) is 3.02. The average molecular weight is 347 g/mol. The van der Waals surface area contributed by atoms with Gasteiger partial charge >= 0.3 is 0 Å². The van der Waals surface area contributed by atoms with Crippen LogP contribution in [0.3, 0.4) is 0 Å². The van der Waals surface area contributed by atoms with Crippen LogP contribution < -0.4 is 10.1 Å². The van der Waals surface area contributed by atoms with Crippen LogP contribution in [0.25, 0.3) is 0 Å². The van der Waals surface area contributed by atoms with E-state index in [1.807, 2.05) is 18.2 Å². The van der Waals surface area contributed by atoms with Gasteiger partial charge in [-0.2, -0.15) is 0 Å². The molecule has 0 spiro atoms. The molecular weight excluding hydrogens is 318 g/mol. The van der Waals surface area contributed by atoms with Crippen molar-refractivity contribution in [1.29, 1.82) is 0 Å². The molecule has 0 radical (unpaired) electrons. The standard InChI is InChI=1S/C19H29N3O3/c1-15-17(21-9-11-24-12-10-21)7-8-22(15)13-16-5-3-4-6-18(16)25-14-19(23)20-2/h3-6,15,17H,7-14H2,1-2H3,(H,20,23)/t15-,17-/m1/s1. The molecule has 6 nitrogen and oxygen atoms in total. The summed E-state index contributed by atoms with van der Waals surface area (Å²) in [6.07, 6.45) is 1.20. The summed E-state index contributed by atoms with van der Waals surface area (Å²) in [5.41, 5.74) is 1.14. The lowest BCUT2D eigenvalue weighted by atomic mass is 10.1. The molecular formula is C19H29N3O3. The van der Waals surface area contributed by atoms with Crippen LogP contribution in [0.5, 0.6) is 5.75 Å². The molecule has 2 fully saturated rings. The topological polar surface area (TPSA) is 54.0 Å². The van der Waals surface area contributed by atoms with E-state index in [2.05, 4.69) is 28.1 Å². The molecule has 2 atom stereocenters. The molecule has 2 saturated heterocycles. The minimum Gasteiger partial charge on any atom is -0.483 e. The Balaban J connectivity index is 1.61. The molecule has 2 heterocycles. The molecule has 1 amide bonds. The molecule has 138 valence electrons. The monoisotopic (exact) mass is 347 g/mol. The quantitative estimate of drug-likeness (QED) is 0.835. The summed E-state index contributed by atoms with van der Waals surface area (Å²) in [6.45, 7) is 8.08. The lowest BCUT2D eigenvalue weighted by Gasteiger charge is -2.36. The van der Waals surface area contributed by atoms with E-state index in [1.54, 1.807) is 7.05 Å². The molecule has 25 heavy (non-hydrogen) atoms. The zero-order chi connectivity index (χ0) is 17.6. The van der Waals surface area contributed by atoms with Crippen LogP contribution in [-0.4, -0.2) is 74.3 Å². The van der Waals surface area contributed by atoms with E-state index < -0.39 is 0 Å². The number of para-hydroxylation sites is 1. The summed E-state index contributed by atoms with van der Waals surface area (Å²) >= 11 is 0. The zero-order valence-electron chi connectivity index (χ0n) is 15.2. The van der Waals surface area contributed by atoms with Crippen molar-refractivity contribution >= 4 is 5.91 Å². The van der Waals surface area contributed by atoms with Crippen molar-refractivity contribution in [2.75, 3.05) is 46.5 Å². The molecule has 0 aliphatic carbocycles. The van der Waals surface area contributed by atoms with Crippen molar-refractivity contribution in [3.63, 3.8) is 0 Å². The molecule has 0 bridgehead atoms. The summed E-state index contributed by atoms with van der Waals surface area (Å²) in [5.74, 6) is 0.685. The smallest absolute Gasteiger partial charge is 0.257 e. The van der Waals surface area contributed by atoms with Gasteiger partial charge in [-0.3, -0.25) is 14.6 Å². The number of hydrogen-bond donors (Lipinski definition) is 1. The first-order chi connectivity index (χ1) is 12.2. The fourth-order valence-electron chi connectivity index (χ4n) is 3.82. The third kappa shape index (κ3) is 4.51. The van der Waals surface area contributed by atoms with Crippen molar-refractivity contribution in [2.24, 2.45) is 0 Å². The highest BCUT2D eigenvalue weighted by Gasteiger charge is 2.35. The molecule has 0 aromatic heterocycles. The number of likely N-dealkylation sites (tertiary alicyclic amines) is 1. The second-order valence-electron chi connectivity index (χ2n) is 6.79. The van der Waals surface area contributed by atoms with Gasteiger partial charge in [0.25, 0.3) is 5.91 Å². The van der Waals surface area contributed by atoms with Crippen LogP contribution in [0.4, 0.5) is 0 Å². The van der Waals surface area contributed by atoms with Crippen LogP contribution in [0.1, 0.15) is 18.9 Å². The van der Waals surface area contributed by atoms with Gasteiger partial charge in [-0.05, 0) is 19.4 Å². The number of carbonyl (C=O) groups excluding carboxylic acids is 1. The lowest BCUT2D eigenvalue weighted by Crippen LogP contribution is -2.48. The first-order valence-corrected chi connectivity index (χ1v) is 9.16. The number of nitrogens with zero attached hydrogens (tertiary/aromatic N) is 2. The zero-order valence-corrected chi connectivity index (χ0v) is 15.2. The Labute approximate surface area is 150 Å². The highest BCUT2D eigenvalue weighted by molar-refractivity contribution is 5.77. The van der Waals surface area contributed by atoms with Gasteiger partial charge in [-0.15, -0.1) is 0 Å². The van der Waals surface area contributed by atoms with Gasteiger partial charge in [0.2, 0.25) is 0 Å². The molecule has 6 heteroatoms. The van der Waals surface area contributed by atoms with E-state index in [0.717, 1.165) is 50.7 Å². The van der Waals surface area contributed by atoms with Crippen molar-refractivity contribution in [3.8, 4) is 5.75 Å². The van der Waals surface area contributed by atoms with Gasteiger partial charge in [0.1, 0.15) is 5.75 Å². The van der Waals surface area contributed by atoms with E-state index in [4.69, 9.17) is 9.47 Å². The number of nitrogens with one attached hydrogen (secondary N) is 1. The second-order valence-corrected chi connectivity index (χ2v) is 6.79. The number of likely N-dealkylation sites (N-methyl/N-ethyl adjacent to an activating group) is 1. The molecule has 3 rings (SSSR count). The SMILES string of the molecule is CNC(=O)COc1ccccc1CN1CC[C@@H](N2CCOCC2)[C@H]1C. The van der Waals surface area contributed by atoms with Gasteiger partial charge in [-0.25, -0.2) is 0 Å². The predicted molar refractivity (Wildman–Crippen MR) is 96.7 cm³/mol. The van der Waals surface area contributed by atoms with Crippen LogP contribution in [0.15, 0.2) is 24.3 Å². The van der Waals surface area contributed by atoms with Crippen molar-refractivity contribution < 1.29 is 14.3 Å². The number of amides is 1. The van der Waals surface area contributed by atoms with Gasteiger partial charge < -0.3 is 14.8 Å². The third-order valence-electron chi connectivity index (χ3n) is 5.34. The summed E-state index contributed by atoms with van der Waals surface area (Å²) in [5, 5.41) is 2.59. The number of carbonyl (C=O) groups is 1. The fourth-order valence-corrected chi connectivity index (χ4v) is 3.82. The maximum atomic E-state index is 11.4.